The van der Waals surface area contributed by atoms with E-state index in [0.29, 0.717) is 53.6 Å². The van der Waals surface area contributed by atoms with Crippen molar-refractivity contribution in [2.45, 2.75) is 53.1 Å². The molecule has 0 fully saturated rings. The van der Waals surface area contributed by atoms with Gasteiger partial charge >= 0.3 is 11.9 Å². The first kappa shape index (κ1) is 51.1. The van der Waals surface area contributed by atoms with Crippen LogP contribution >= 0.6 is 0 Å². The fourth-order valence-electron chi connectivity index (χ4n) is 7.02. The Labute approximate surface area is 398 Å². The Bertz CT molecular complexity index is 2420. The van der Waals surface area contributed by atoms with Crippen LogP contribution in [0.15, 0.2) is 122 Å². The Balaban J connectivity index is 0.000000254. The molecule has 0 spiro atoms. The Morgan fingerprint density at radius 1 is 0.441 bits per heavy atom. The lowest BCUT2D eigenvalue weighted by Crippen LogP contribution is -2.13. The highest BCUT2D eigenvalue weighted by molar-refractivity contribution is 5.96. The van der Waals surface area contributed by atoms with Crippen LogP contribution < -0.4 is 37.9 Å². The second-order valence-corrected chi connectivity index (χ2v) is 15.1. The van der Waals surface area contributed by atoms with Gasteiger partial charge in [-0.1, -0.05) is 54.6 Å². The predicted molar refractivity (Wildman–Crippen MR) is 258 cm³/mol. The summed E-state index contributed by atoms with van der Waals surface area (Å²) in [5, 5.41) is 0. The van der Waals surface area contributed by atoms with Crippen LogP contribution in [-0.2, 0) is 53.5 Å². The quantitative estimate of drug-likeness (QED) is 0.0362. The van der Waals surface area contributed by atoms with Gasteiger partial charge in [0, 0.05) is 18.6 Å². The third kappa shape index (κ3) is 13.6. The Morgan fingerprint density at radius 2 is 0.721 bits per heavy atom. The monoisotopic (exact) mass is 926 g/mol. The first-order valence-electron chi connectivity index (χ1n) is 21.6. The van der Waals surface area contributed by atoms with Crippen LogP contribution in [0, 0.1) is 13.8 Å². The van der Waals surface area contributed by atoms with E-state index in [1.54, 1.807) is 46.6 Å². The number of ether oxygens (including phenoxy) is 10. The average molecular weight is 927 g/mol. The van der Waals surface area contributed by atoms with Gasteiger partial charge in [-0.3, -0.25) is 0 Å². The molecule has 0 aliphatic carbocycles. The van der Waals surface area contributed by atoms with Gasteiger partial charge in [0.15, 0.2) is 0 Å². The fraction of sp³-hybridized carbons (Fsp3) is 0.255. The van der Waals surface area contributed by atoms with Crippen molar-refractivity contribution >= 4 is 18.2 Å². The van der Waals surface area contributed by atoms with Gasteiger partial charge in [0.2, 0.25) is 0 Å². The summed E-state index contributed by atoms with van der Waals surface area (Å²) in [6.07, 6.45) is 2.98. The van der Waals surface area contributed by atoms with Crippen LogP contribution in [-0.4, -0.2) is 60.9 Å². The maximum absolute atomic E-state index is 12.7. The van der Waals surface area contributed by atoms with Crippen molar-refractivity contribution in [1.82, 2.24) is 0 Å². The third-order valence-electron chi connectivity index (χ3n) is 10.9. The number of methoxy groups -OCH3 is 6. The molecular formula is C55H58O13. The molecular weight excluding hydrogens is 869 g/mol. The molecule has 13 heteroatoms. The van der Waals surface area contributed by atoms with Crippen LogP contribution in [0.25, 0.3) is 0 Å². The highest BCUT2D eigenvalue weighted by Gasteiger charge is 2.25. The van der Waals surface area contributed by atoms with Gasteiger partial charge in [-0.25, -0.2) is 9.59 Å². The second kappa shape index (κ2) is 25.7. The lowest BCUT2D eigenvalue weighted by Gasteiger charge is -2.20. The SMILES string of the molecule is C=CCc1c(C)c(OCc2ccc(OC)cc2)cc(OCc2ccc(OC)cc2)c1C(=O)OC.COC(=O)c1c(OCc2ccc(OC)cc2)cc(OCc2ccc(OC)cc2)c(C)c1CC=O. The summed E-state index contributed by atoms with van der Waals surface area (Å²) in [4.78, 5) is 36.8. The number of esters is 2. The van der Waals surface area contributed by atoms with Crippen LogP contribution in [0.1, 0.15) is 65.2 Å². The zero-order chi connectivity index (χ0) is 49.0. The smallest absolute Gasteiger partial charge is 0.341 e. The summed E-state index contributed by atoms with van der Waals surface area (Å²) in [6, 6.07) is 33.6. The van der Waals surface area contributed by atoms with Gasteiger partial charge in [0.05, 0.1) is 42.7 Å². The molecule has 6 rings (SSSR count). The average Bonchev–Trinajstić information content (AvgIpc) is 3.38. The molecule has 0 radical (unpaired) electrons. The standard InChI is InChI=1S/C28H30O6.C27H28O7/c1-6-7-24-19(2)25(33-17-20-8-12-22(30-3)13-9-20)16-26(27(24)28(29)32-5)34-18-21-10-14-23(31-4)15-11-21;1-18-23(13-14-28)26(27(29)32-4)25(34-17-20-7-11-22(31-3)12-8-20)15-24(18)33-16-19-5-9-21(30-2)10-6-19/h6,8-16H,1,7,17-18H2,2-5H3;5-12,14-15H,13,16-17H2,1-4H3. The minimum Gasteiger partial charge on any atom is -0.497 e. The van der Waals surface area contributed by atoms with Gasteiger partial charge in [-0.15, -0.1) is 6.58 Å². The van der Waals surface area contributed by atoms with E-state index in [4.69, 9.17) is 47.4 Å². The van der Waals surface area contributed by atoms with Gasteiger partial charge in [0.1, 0.15) is 89.8 Å². The number of aldehydes is 1. The molecule has 0 aliphatic rings. The van der Waals surface area contributed by atoms with Gasteiger partial charge in [0.25, 0.3) is 0 Å². The molecule has 6 aromatic carbocycles. The molecule has 0 atom stereocenters. The molecule has 0 bridgehead atoms. The largest absolute Gasteiger partial charge is 0.497 e. The van der Waals surface area contributed by atoms with E-state index in [-0.39, 0.29) is 30.9 Å². The van der Waals surface area contributed by atoms with Crippen molar-refractivity contribution in [1.29, 1.82) is 0 Å². The lowest BCUT2D eigenvalue weighted by molar-refractivity contribution is -0.107. The van der Waals surface area contributed by atoms with Gasteiger partial charge < -0.3 is 52.2 Å². The van der Waals surface area contributed by atoms with E-state index >= 15 is 0 Å². The highest BCUT2D eigenvalue weighted by atomic mass is 16.5. The van der Waals surface area contributed by atoms with Gasteiger partial charge in [-0.2, -0.15) is 0 Å². The second-order valence-electron chi connectivity index (χ2n) is 15.1. The molecule has 0 heterocycles. The molecule has 0 saturated heterocycles. The summed E-state index contributed by atoms with van der Waals surface area (Å²) >= 11 is 0. The topological polar surface area (TPSA) is 144 Å². The predicted octanol–water partition coefficient (Wildman–Crippen LogP) is 10.4. The number of carbonyl (C=O) groups is 3. The van der Waals surface area contributed by atoms with Crippen molar-refractivity contribution in [3.8, 4) is 46.0 Å². The molecule has 0 saturated carbocycles. The summed E-state index contributed by atoms with van der Waals surface area (Å²) in [5.74, 6) is 3.82. The van der Waals surface area contributed by atoms with Crippen molar-refractivity contribution in [2.24, 2.45) is 0 Å². The van der Waals surface area contributed by atoms with E-state index in [9.17, 15) is 14.4 Å². The first-order chi connectivity index (χ1) is 33.0. The Hall–Kier alpha value is -7.93. The molecule has 0 unspecified atom stereocenters. The molecule has 6 aromatic rings. The lowest BCUT2D eigenvalue weighted by atomic mass is 9.97. The van der Waals surface area contributed by atoms with Crippen molar-refractivity contribution < 1.29 is 61.8 Å². The van der Waals surface area contributed by atoms with Crippen LogP contribution in [0.5, 0.6) is 46.0 Å². The molecule has 0 amide bonds. The van der Waals surface area contributed by atoms with E-state index < -0.39 is 11.9 Å². The van der Waals surface area contributed by atoms with Crippen LogP contribution in [0.2, 0.25) is 0 Å². The number of benzene rings is 6. The summed E-state index contributed by atoms with van der Waals surface area (Å²) in [6.45, 7) is 8.69. The number of hydrogen-bond donors (Lipinski definition) is 0. The zero-order valence-electron chi connectivity index (χ0n) is 39.8. The maximum atomic E-state index is 12.7. The number of allylic oxidation sites excluding steroid dienone is 1. The van der Waals surface area contributed by atoms with E-state index in [1.807, 2.05) is 111 Å². The molecule has 0 aliphatic heterocycles. The van der Waals surface area contributed by atoms with Gasteiger partial charge in [-0.05, 0) is 113 Å². The molecule has 68 heavy (non-hydrogen) atoms. The minimum absolute atomic E-state index is 0.0227. The molecule has 13 nitrogen and oxygen atoms in total. The van der Waals surface area contributed by atoms with E-state index in [2.05, 4.69) is 6.58 Å². The Kier molecular flexibility index (Phi) is 19.3. The molecule has 0 aromatic heterocycles. The number of carbonyl (C=O) groups excluding carboxylic acids is 3. The van der Waals surface area contributed by atoms with E-state index in [0.717, 1.165) is 62.7 Å². The number of hydrogen-bond acceptors (Lipinski definition) is 13. The maximum Gasteiger partial charge on any atom is 0.341 e. The fourth-order valence-corrected chi connectivity index (χ4v) is 7.02. The van der Waals surface area contributed by atoms with E-state index in [1.165, 1.54) is 14.2 Å². The number of rotatable bonds is 22. The summed E-state index contributed by atoms with van der Waals surface area (Å²) < 4.78 is 55.2. The summed E-state index contributed by atoms with van der Waals surface area (Å²) in [5.41, 5.74) is 7.14. The van der Waals surface area contributed by atoms with Crippen molar-refractivity contribution in [3.05, 3.63) is 177 Å². The normalized spacial score (nSPS) is 10.4. The van der Waals surface area contributed by atoms with Crippen molar-refractivity contribution in [3.63, 3.8) is 0 Å². The van der Waals surface area contributed by atoms with Crippen LogP contribution in [0.4, 0.5) is 0 Å². The summed E-state index contributed by atoms with van der Waals surface area (Å²) in [7, 11) is 9.12. The molecule has 0 N–H and O–H groups in total. The minimum atomic E-state index is -0.577. The zero-order valence-corrected chi connectivity index (χ0v) is 39.8. The van der Waals surface area contributed by atoms with Crippen LogP contribution in [0.3, 0.4) is 0 Å². The highest BCUT2D eigenvalue weighted by Crippen LogP contribution is 2.37. The molecule has 356 valence electrons. The van der Waals surface area contributed by atoms with Crippen molar-refractivity contribution in [2.75, 3.05) is 42.7 Å². The first-order valence-corrected chi connectivity index (χ1v) is 21.6. The third-order valence-corrected chi connectivity index (χ3v) is 10.9. The Morgan fingerprint density at radius 3 is 0.971 bits per heavy atom.